The summed E-state index contributed by atoms with van der Waals surface area (Å²) in [6.45, 7) is 6.81. The van der Waals surface area contributed by atoms with Gasteiger partial charge in [0.05, 0.1) is 0 Å². The van der Waals surface area contributed by atoms with Gasteiger partial charge in [-0.15, -0.1) is 0 Å². The molecular formula is C20H31FN2O. The van der Waals surface area contributed by atoms with Gasteiger partial charge < -0.3 is 9.80 Å². The van der Waals surface area contributed by atoms with Crippen LogP contribution in [0.4, 0.5) is 4.39 Å². The van der Waals surface area contributed by atoms with Gasteiger partial charge in [-0.2, -0.15) is 0 Å². The minimum atomic E-state index is -0.113. The van der Waals surface area contributed by atoms with Crippen LogP contribution in [0.5, 0.6) is 0 Å². The van der Waals surface area contributed by atoms with Crippen LogP contribution in [0.1, 0.15) is 45.1 Å². The molecular weight excluding hydrogens is 303 g/mol. The van der Waals surface area contributed by atoms with Crippen molar-refractivity contribution < 1.29 is 9.18 Å². The van der Waals surface area contributed by atoms with E-state index in [4.69, 9.17) is 0 Å². The molecule has 0 unspecified atom stereocenters. The molecule has 134 valence electrons. The third-order valence-corrected chi connectivity index (χ3v) is 5.21. The lowest BCUT2D eigenvalue weighted by Gasteiger charge is -2.33. The summed E-state index contributed by atoms with van der Waals surface area (Å²) >= 11 is 0. The van der Waals surface area contributed by atoms with Gasteiger partial charge >= 0.3 is 0 Å². The molecule has 1 saturated heterocycles. The molecule has 1 aromatic rings. The summed E-state index contributed by atoms with van der Waals surface area (Å²) in [6.07, 6.45) is 4.51. The van der Waals surface area contributed by atoms with E-state index in [1.54, 1.807) is 6.07 Å². The van der Waals surface area contributed by atoms with Crippen molar-refractivity contribution >= 4 is 5.91 Å². The Balaban J connectivity index is 1.79. The highest BCUT2D eigenvalue weighted by molar-refractivity contribution is 5.76. The van der Waals surface area contributed by atoms with Gasteiger partial charge in [0, 0.05) is 32.1 Å². The summed E-state index contributed by atoms with van der Waals surface area (Å²) in [7, 11) is 2.06. The number of hydrogen-bond acceptors (Lipinski definition) is 2. The van der Waals surface area contributed by atoms with Crippen LogP contribution in [0.25, 0.3) is 0 Å². The van der Waals surface area contributed by atoms with Crippen LogP contribution in [0, 0.1) is 11.7 Å². The summed E-state index contributed by atoms with van der Waals surface area (Å²) in [5, 5.41) is 0. The Morgan fingerprint density at radius 3 is 2.83 bits per heavy atom. The molecule has 1 fully saturated rings. The highest BCUT2D eigenvalue weighted by Crippen LogP contribution is 2.23. The largest absolute Gasteiger partial charge is 0.342 e. The van der Waals surface area contributed by atoms with Crippen molar-refractivity contribution in [1.29, 1.82) is 0 Å². The zero-order valence-electron chi connectivity index (χ0n) is 15.3. The first-order chi connectivity index (χ1) is 11.5. The molecule has 1 aromatic carbocycles. The topological polar surface area (TPSA) is 23.6 Å². The van der Waals surface area contributed by atoms with E-state index in [-0.39, 0.29) is 11.7 Å². The Hall–Kier alpha value is -1.42. The number of carbonyl (C=O) groups is 1. The van der Waals surface area contributed by atoms with Crippen molar-refractivity contribution in [2.24, 2.45) is 5.92 Å². The standard InChI is InChI=1S/C20H31FN2O/c1-16(2)22(3)14-12-20(24)23-13-6-7-17(15-23)10-11-18-8-4-5-9-19(18)21/h4-5,8-9,16-17H,6-7,10-15H2,1-3H3/t17-/m0/s1. The number of amides is 1. The normalized spacial score (nSPS) is 18.4. The molecule has 4 heteroatoms. The van der Waals surface area contributed by atoms with E-state index in [9.17, 15) is 9.18 Å². The van der Waals surface area contributed by atoms with E-state index in [0.717, 1.165) is 50.9 Å². The lowest BCUT2D eigenvalue weighted by atomic mass is 9.91. The van der Waals surface area contributed by atoms with Crippen molar-refractivity contribution in [2.45, 2.75) is 52.0 Å². The van der Waals surface area contributed by atoms with Crippen molar-refractivity contribution in [1.82, 2.24) is 9.80 Å². The molecule has 0 bridgehead atoms. The predicted molar refractivity (Wildman–Crippen MR) is 96.4 cm³/mol. The molecule has 0 radical (unpaired) electrons. The van der Waals surface area contributed by atoms with Gasteiger partial charge in [-0.25, -0.2) is 4.39 Å². The first-order valence-electron chi connectivity index (χ1n) is 9.18. The van der Waals surface area contributed by atoms with Gasteiger partial charge in [0.25, 0.3) is 0 Å². The number of piperidine rings is 1. The minimum Gasteiger partial charge on any atom is -0.342 e. The average molecular weight is 334 g/mol. The SMILES string of the molecule is CC(C)N(C)CCC(=O)N1CCC[C@@H](CCc2ccccc2F)C1. The first-order valence-corrected chi connectivity index (χ1v) is 9.18. The molecule has 2 rings (SSSR count). The Bertz CT molecular complexity index is 532. The highest BCUT2D eigenvalue weighted by atomic mass is 19.1. The number of likely N-dealkylation sites (tertiary alicyclic amines) is 1. The van der Waals surface area contributed by atoms with Crippen LogP contribution in [-0.2, 0) is 11.2 Å². The second-order valence-electron chi connectivity index (χ2n) is 7.30. The molecule has 1 aliphatic heterocycles. The molecule has 0 N–H and O–H groups in total. The van der Waals surface area contributed by atoms with E-state index in [1.165, 1.54) is 6.07 Å². The third kappa shape index (κ3) is 5.59. The van der Waals surface area contributed by atoms with Gasteiger partial charge in [-0.1, -0.05) is 18.2 Å². The van der Waals surface area contributed by atoms with Crippen LogP contribution < -0.4 is 0 Å². The molecule has 24 heavy (non-hydrogen) atoms. The zero-order valence-corrected chi connectivity index (χ0v) is 15.3. The number of rotatable bonds is 7. The molecule has 3 nitrogen and oxygen atoms in total. The molecule has 0 aliphatic carbocycles. The van der Waals surface area contributed by atoms with Crippen molar-refractivity contribution in [2.75, 3.05) is 26.7 Å². The number of halogens is 1. The van der Waals surface area contributed by atoms with Crippen LogP contribution in [0.3, 0.4) is 0 Å². The molecule has 1 aliphatic rings. The van der Waals surface area contributed by atoms with Gasteiger partial charge in [0.2, 0.25) is 5.91 Å². The van der Waals surface area contributed by atoms with Crippen LogP contribution in [-0.4, -0.2) is 48.4 Å². The highest BCUT2D eigenvalue weighted by Gasteiger charge is 2.23. The number of nitrogens with zero attached hydrogens (tertiary/aromatic N) is 2. The second-order valence-corrected chi connectivity index (χ2v) is 7.30. The van der Waals surface area contributed by atoms with E-state index in [0.29, 0.717) is 18.4 Å². The minimum absolute atomic E-state index is 0.113. The van der Waals surface area contributed by atoms with E-state index in [1.807, 2.05) is 17.0 Å². The van der Waals surface area contributed by atoms with Gasteiger partial charge in [-0.3, -0.25) is 4.79 Å². The molecule has 1 amide bonds. The van der Waals surface area contributed by atoms with Crippen molar-refractivity contribution in [3.05, 3.63) is 35.6 Å². The average Bonchev–Trinajstić information content (AvgIpc) is 2.58. The molecule has 0 spiro atoms. The van der Waals surface area contributed by atoms with Crippen LogP contribution in [0.2, 0.25) is 0 Å². The van der Waals surface area contributed by atoms with E-state index >= 15 is 0 Å². The summed E-state index contributed by atoms with van der Waals surface area (Å²) < 4.78 is 13.7. The second kappa shape index (κ2) is 9.16. The fraction of sp³-hybridized carbons (Fsp3) is 0.650. The molecule has 0 aromatic heterocycles. The Morgan fingerprint density at radius 1 is 1.38 bits per heavy atom. The Labute approximate surface area is 145 Å². The number of carbonyl (C=O) groups excluding carboxylic acids is 1. The number of hydrogen-bond donors (Lipinski definition) is 0. The van der Waals surface area contributed by atoms with Gasteiger partial charge in [0.15, 0.2) is 0 Å². The third-order valence-electron chi connectivity index (χ3n) is 5.21. The van der Waals surface area contributed by atoms with Crippen LogP contribution in [0.15, 0.2) is 24.3 Å². The lowest BCUT2D eigenvalue weighted by molar-refractivity contribution is -0.133. The van der Waals surface area contributed by atoms with Crippen molar-refractivity contribution in [3.63, 3.8) is 0 Å². The Kier molecular flexibility index (Phi) is 7.22. The number of aryl methyl sites for hydroxylation is 1. The molecule has 1 atom stereocenters. The number of benzene rings is 1. The van der Waals surface area contributed by atoms with E-state index < -0.39 is 0 Å². The summed E-state index contributed by atoms with van der Waals surface area (Å²) in [4.78, 5) is 16.7. The maximum absolute atomic E-state index is 13.7. The van der Waals surface area contributed by atoms with Gasteiger partial charge in [0.1, 0.15) is 5.82 Å². The summed E-state index contributed by atoms with van der Waals surface area (Å²) in [5.74, 6) is 0.640. The maximum Gasteiger partial charge on any atom is 0.223 e. The summed E-state index contributed by atoms with van der Waals surface area (Å²) in [5.41, 5.74) is 0.791. The maximum atomic E-state index is 13.7. The molecule has 0 saturated carbocycles. The predicted octanol–water partition coefficient (Wildman–Crippen LogP) is 3.73. The fourth-order valence-corrected chi connectivity index (χ4v) is 3.28. The first kappa shape index (κ1) is 18.9. The lowest BCUT2D eigenvalue weighted by Crippen LogP contribution is -2.41. The monoisotopic (exact) mass is 334 g/mol. The van der Waals surface area contributed by atoms with Crippen LogP contribution >= 0.6 is 0 Å². The summed E-state index contributed by atoms with van der Waals surface area (Å²) in [6, 6.07) is 7.47. The van der Waals surface area contributed by atoms with E-state index in [2.05, 4.69) is 25.8 Å². The van der Waals surface area contributed by atoms with Gasteiger partial charge in [-0.05, 0) is 64.1 Å². The zero-order chi connectivity index (χ0) is 17.5. The quantitative estimate of drug-likeness (QED) is 0.758. The fourth-order valence-electron chi connectivity index (χ4n) is 3.28. The Morgan fingerprint density at radius 2 is 2.12 bits per heavy atom. The smallest absolute Gasteiger partial charge is 0.223 e. The molecule has 1 heterocycles. The van der Waals surface area contributed by atoms with Crippen molar-refractivity contribution in [3.8, 4) is 0 Å².